The molecule has 1 heterocycles. The topological polar surface area (TPSA) is 45.7 Å². The first-order valence-corrected chi connectivity index (χ1v) is 7.56. The van der Waals surface area contributed by atoms with Crippen molar-refractivity contribution in [2.45, 2.75) is 38.8 Å². The molecule has 1 amide bonds. The number of nitrogens with zero attached hydrogens (tertiary/aromatic N) is 3. The SMILES string of the molecule is CC(C)Oc1ncccc1C(=O)N(C)CCN(C)C1CC1. The first-order valence-electron chi connectivity index (χ1n) is 7.56. The van der Waals surface area contributed by atoms with Gasteiger partial charge in [0, 0.05) is 32.4 Å². The summed E-state index contributed by atoms with van der Waals surface area (Å²) in [7, 11) is 3.95. The Kier molecular flexibility index (Phi) is 5.17. The van der Waals surface area contributed by atoms with Crippen LogP contribution in [0.15, 0.2) is 18.3 Å². The molecule has 5 nitrogen and oxygen atoms in total. The maximum Gasteiger partial charge on any atom is 0.259 e. The van der Waals surface area contributed by atoms with E-state index in [4.69, 9.17) is 4.74 Å². The Balaban J connectivity index is 1.97. The van der Waals surface area contributed by atoms with E-state index in [9.17, 15) is 4.79 Å². The summed E-state index contributed by atoms with van der Waals surface area (Å²) in [6, 6.07) is 4.25. The molecule has 1 aliphatic carbocycles. The van der Waals surface area contributed by atoms with Crippen LogP contribution in [-0.2, 0) is 0 Å². The van der Waals surface area contributed by atoms with Crippen LogP contribution >= 0.6 is 0 Å². The summed E-state index contributed by atoms with van der Waals surface area (Å²) in [5.41, 5.74) is 0.530. The van der Waals surface area contributed by atoms with Gasteiger partial charge in [-0.3, -0.25) is 4.79 Å². The van der Waals surface area contributed by atoms with Gasteiger partial charge in [0.2, 0.25) is 5.88 Å². The van der Waals surface area contributed by atoms with Crippen LogP contribution < -0.4 is 4.74 Å². The highest BCUT2D eigenvalue weighted by Crippen LogP contribution is 2.25. The molecule has 5 heteroatoms. The maximum absolute atomic E-state index is 12.5. The standard InChI is InChI=1S/C16H25N3O2/c1-12(2)21-15-14(6-5-9-17-15)16(20)19(4)11-10-18(3)13-7-8-13/h5-6,9,12-13H,7-8,10-11H2,1-4H3. The van der Waals surface area contributed by atoms with Crippen molar-refractivity contribution in [3.63, 3.8) is 0 Å². The highest BCUT2D eigenvalue weighted by molar-refractivity contribution is 5.96. The second-order valence-electron chi connectivity index (χ2n) is 5.96. The van der Waals surface area contributed by atoms with E-state index in [1.54, 1.807) is 23.2 Å². The van der Waals surface area contributed by atoms with Crippen molar-refractivity contribution in [2.24, 2.45) is 0 Å². The van der Waals surface area contributed by atoms with E-state index < -0.39 is 0 Å². The summed E-state index contributed by atoms with van der Waals surface area (Å²) < 4.78 is 5.62. The Hall–Kier alpha value is -1.62. The Morgan fingerprint density at radius 1 is 1.38 bits per heavy atom. The molecular formula is C16H25N3O2. The summed E-state index contributed by atoms with van der Waals surface area (Å²) in [4.78, 5) is 20.8. The van der Waals surface area contributed by atoms with Gasteiger partial charge in [0.05, 0.1) is 6.10 Å². The van der Waals surface area contributed by atoms with Crippen molar-refractivity contribution in [1.82, 2.24) is 14.8 Å². The number of carbonyl (C=O) groups excluding carboxylic acids is 1. The third-order valence-electron chi connectivity index (χ3n) is 3.65. The minimum atomic E-state index is -0.0389. The van der Waals surface area contributed by atoms with Crippen molar-refractivity contribution in [3.05, 3.63) is 23.9 Å². The van der Waals surface area contributed by atoms with Gasteiger partial charge in [0.25, 0.3) is 5.91 Å². The van der Waals surface area contributed by atoms with Gasteiger partial charge in [-0.15, -0.1) is 0 Å². The number of aromatic nitrogens is 1. The minimum absolute atomic E-state index is 0.00208. The molecule has 0 bridgehead atoms. The fourth-order valence-corrected chi connectivity index (χ4v) is 2.18. The van der Waals surface area contributed by atoms with Gasteiger partial charge in [0.1, 0.15) is 5.56 Å². The quantitative estimate of drug-likeness (QED) is 0.771. The highest BCUT2D eigenvalue weighted by Gasteiger charge is 2.26. The molecule has 0 atom stereocenters. The first kappa shape index (κ1) is 15.8. The van der Waals surface area contributed by atoms with Crippen LogP contribution in [0.1, 0.15) is 37.0 Å². The normalized spacial score (nSPS) is 14.6. The van der Waals surface area contributed by atoms with Crippen LogP contribution in [0.3, 0.4) is 0 Å². The predicted molar refractivity (Wildman–Crippen MR) is 82.6 cm³/mol. The van der Waals surface area contributed by atoms with E-state index in [1.807, 2.05) is 20.9 Å². The fourth-order valence-electron chi connectivity index (χ4n) is 2.18. The molecule has 1 aromatic rings. The van der Waals surface area contributed by atoms with Crippen LogP contribution in [0.25, 0.3) is 0 Å². The number of amides is 1. The summed E-state index contributed by atoms with van der Waals surface area (Å²) in [6.45, 7) is 5.46. The molecular weight excluding hydrogens is 266 g/mol. The van der Waals surface area contributed by atoms with Crippen LogP contribution in [0.5, 0.6) is 5.88 Å². The van der Waals surface area contributed by atoms with Crippen molar-refractivity contribution in [2.75, 3.05) is 27.2 Å². The zero-order valence-electron chi connectivity index (χ0n) is 13.4. The molecule has 0 radical (unpaired) electrons. The van der Waals surface area contributed by atoms with Gasteiger partial charge in [-0.25, -0.2) is 4.98 Å². The van der Waals surface area contributed by atoms with Crippen LogP contribution in [0.4, 0.5) is 0 Å². The molecule has 116 valence electrons. The number of ether oxygens (including phenoxy) is 1. The molecule has 1 fully saturated rings. The lowest BCUT2D eigenvalue weighted by molar-refractivity contribution is 0.0774. The number of carbonyl (C=O) groups is 1. The highest BCUT2D eigenvalue weighted by atomic mass is 16.5. The second-order valence-corrected chi connectivity index (χ2v) is 5.96. The predicted octanol–water partition coefficient (Wildman–Crippen LogP) is 2.04. The molecule has 0 spiro atoms. The molecule has 1 saturated carbocycles. The zero-order valence-corrected chi connectivity index (χ0v) is 13.4. The van der Waals surface area contributed by atoms with Crippen LogP contribution in [0, 0.1) is 0 Å². The number of rotatable bonds is 7. The van der Waals surface area contributed by atoms with Crippen molar-refractivity contribution in [1.29, 1.82) is 0 Å². The molecule has 0 aromatic carbocycles. The lowest BCUT2D eigenvalue weighted by Gasteiger charge is -2.23. The number of hydrogen-bond donors (Lipinski definition) is 0. The van der Waals surface area contributed by atoms with Crippen LogP contribution in [-0.4, -0.2) is 60.0 Å². The summed E-state index contributed by atoms with van der Waals surface area (Å²) >= 11 is 0. The van der Waals surface area contributed by atoms with E-state index in [0.717, 1.165) is 6.54 Å². The van der Waals surface area contributed by atoms with Gasteiger partial charge >= 0.3 is 0 Å². The average molecular weight is 291 g/mol. The van der Waals surface area contributed by atoms with Gasteiger partial charge in [-0.2, -0.15) is 0 Å². The van der Waals surface area contributed by atoms with Gasteiger partial charge in [-0.1, -0.05) is 0 Å². The molecule has 1 aliphatic rings. The lowest BCUT2D eigenvalue weighted by atomic mass is 10.2. The number of pyridine rings is 1. The van der Waals surface area contributed by atoms with Crippen molar-refractivity contribution >= 4 is 5.91 Å². The largest absolute Gasteiger partial charge is 0.474 e. The van der Waals surface area contributed by atoms with Crippen molar-refractivity contribution in [3.8, 4) is 5.88 Å². The lowest BCUT2D eigenvalue weighted by Crippen LogP contribution is -2.35. The number of hydrogen-bond acceptors (Lipinski definition) is 4. The Morgan fingerprint density at radius 2 is 2.10 bits per heavy atom. The van der Waals surface area contributed by atoms with Gasteiger partial charge < -0.3 is 14.5 Å². The Bertz CT molecular complexity index is 486. The van der Waals surface area contributed by atoms with E-state index in [2.05, 4.69) is 16.9 Å². The average Bonchev–Trinajstić information content (AvgIpc) is 3.28. The van der Waals surface area contributed by atoms with E-state index in [0.29, 0.717) is 24.0 Å². The third kappa shape index (κ3) is 4.43. The third-order valence-corrected chi connectivity index (χ3v) is 3.65. The molecule has 1 aromatic heterocycles. The Labute approximate surface area is 126 Å². The summed E-state index contributed by atoms with van der Waals surface area (Å²) in [5, 5.41) is 0. The summed E-state index contributed by atoms with van der Waals surface area (Å²) in [5.74, 6) is 0.378. The monoisotopic (exact) mass is 291 g/mol. The summed E-state index contributed by atoms with van der Waals surface area (Å²) in [6.07, 6.45) is 4.21. The van der Waals surface area contributed by atoms with E-state index in [-0.39, 0.29) is 12.0 Å². The zero-order chi connectivity index (χ0) is 15.4. The van der Waals surface area contributed by atoms with Gasteiger partial charge in [-0.05, 0) is 45.9 Å². The van der Waals surface area contributed by atoms with E-state index >= 15 is 0 Å². The first-order chi connectivity index (χ1) is 9.99. The maximum atomic E-state index is 12.5. The Morgan fingerprint density at radius 3 is 2.71 bits per heavy atom. The second kappa shape index (κ2) is 6.89. The molecule has 0 unspecified atom stereocenters. The molecule has 0 aliphatic heterocycles. The van der Waals surface area contributed by atoms with Gasteiger partial charge in [0.15, 0.2) is 0 Å². The van der Waals surface area contributed by atoms with E-state index in [1.165, 1.54) is 12.8 Å². The van der Waals surface area contributed by atoms with Crippen molar-refractivity contribution < 1.29 is 9.53 Å². The smallest absolute Gasteiger partial charge is 0.259 e. The minimum Gasteiger partial charge on any atom is -0.474 e. The van der Waals surface area contributed by atoms with Crippen LogP contribution in [0.2, 0.25) is 0 Å². The number of likely N-dealkylation sites (N-methyl/N-ethyl adjacent to an activating group) is 2. The molecule has 2 rings (SSSR count). The fraction of sp³-hybridized carbons (Fsp3) is 0.625. The molecule has 0 saturated heterocycles. The molecule has 0 N–H and O–H groups in total. The molecule has 21 heavy (non-hydrogen) atoms.